The van der Waals surface area contributed by atoms with Crippen LogP contribution in [0.5, 0.6) is 0 Å². The minimum atomic E-state index is -3.52. The molecule has 0 saturated heterocycles. The van der Waals surface area contributed by atoms with Gasteiger partial charge in [0.25, 0.3) is 0 Å². The van der Waals surface area contributed by atoms with Crippen LogP contribution in [0, 0.1) is 0 Å². The lowest BCUT2D eigenvalue weighted by Gasteiger charge is -2.24. The SMILES string of the molecule is CCCN(CCN(C)C)S(=O)(=O)c1cc(CN)ccc1Br. The molecule has 0 heterocycles. The van der Waals surface area contributed by atoms with Gasteiger partial charge in [-0.1, -0.05) is 13.0 Å². The molecule has 0 spiro atoms. The van der Waals surface area contributed by atoms with Crippen molar-refractivity contribution in [3.63, 3.8) is 0 Å². The van der Waals surface area contributed by atoms with Crippen LogP contribution in [0.1, 0.15) is 18.9 Å². The molecule has 0 fully saturated rings. The summed E-state index contributed by atoms with van der Waals surface area (Å²) in [5.74, 6) is 0. The van der Waals surface area contributed by atoms with Gasteiger partial charge >= 0.3 is 0 Å². The highest BCUT2D eigenvalue weighted by molar-refractivity contribution is 9.10. The third-order valence-corrected chi connectivity index (χ3v) is 6.01. The maximum absolute atomic E-state index is 12.9. The molecule has 0 unspecified atom stereocenters. The molecule has 0 aliphatic heterocycles. The van der Waals surface area contributed by atoms with Crippen molar-refractivity contribution in [1.29, 1.82) is 0 Å². The normalized spacial score (nSPS) is 12.3. The summed E-state index contributed by atoms with van der Waals surface area (Å²) < 4.78 is 27.8. The third-order valence-electron chi connectivity index (χ3n) is 3.12. The van der Waals surface area contributed by atoms with Crippen molar-refractivity contribution in [2.45, 2.75) is 24.8 Å². The van der Waals surface area contributed by atoms with Crippen LogP contribution < -0.4 is 5.73 Å². The van der Waals surface area contributed by atoms with Crippen LogP contribution in [-0.2, 0) is 16.6 Å². The Hall–Kier alpha value is -0.470. The van der Waals surface area contributed by atoms with Crippen LogP contribution in [-0.4, -0.2) is 51.4 Å². The zero-order chi connectivity index (χ0) is 16.0. The van der Waals surface area contributed by atoms with Crippen molar-refractivity contribution >= 4 is 26.0 Å². The van der Waals surface area contributed by atoms with E-state index in [4.69, 9.17) is 5.73 Å². The molecule has 0 bridgehead atoms. The predicted molar refractivity (Wildman–Crippen MR) is 89.6 cm³/mol. The van der Waals surface area contributed by atoms with Crippen LogP contribution in [0.25, 0.3) is 0 Å². The van der Waals surface area contributed by atoms with Crippen LogP contribution in [0.3, 0.4) is 0 Å². The molecular formula is C14H24BrN3O2S. The van der Waals surface area contributed by atoms with Gasteiger partial charge in [0.05, 0.1) is 4.90 Å². The first kappa shape index (κ1) is 18.6. The lowest BCUT2D eigenvalue weighted by atomic mass is 10.2. The van der Waals surface area contributed by atoms with Crippen LogP contribution in [0.4, 0.5) is 0 Å². The van der Waals surface area contributed by atoms with Crippen molar-refractivity contribution in [1.82, 2.24) is 9.21 Å². The zero-order valence-corrected chi connectivity index (χ0v) is 15.2. The number of nitrogens with two attached hydrogens (primary N) is 1. The molecule has 21 heavy (non-hydrogen) atoms. The Bertz CT molecular complexity index is 561. The highest BCUT2D eigenvalue weighted by atomic mass is 79.9. The molecule has 7 heteroatoms. The summed E-state index contributed by atoms with van der Waals surface area (Å²) in [5, 5.41) is 0. The quantitative estimate of drug-likeness (QED) is 0.750. The molecule has 1 aromatic carbocycles. The summed E-state index contributed by atoms with van der Waals surface area (Å²) in [5.41, 5.74) is 6.42. The Morgan fingerprint density at radius 3 is 2.38 bits per heavy atom. The molecule has 0 radical (unpaired) electrons. The topological polar surface area (TPSA) is 66.6 Å². The van der Waals surface area contributed by atoms with E-state index in [0.717, 1.165) is 12.0 Å². The van der Waals surface area contributed by atoms with Gasteiger partial charge in [-0.3, -0.25) is 0 Å². The van der Waals surface area contributed by atoms with Crippen LogP contribution >= 0.6 is 15.9 Å². The molecule has 1 aromatic rings. The summed E-state index contributed by atoms with van der Waals surface area (Å²) in [6.45, 7) is 3.97. The fourth-order valence-electron chi connectivity index (χ4n) is 1.92. The molecule has 0 amide bonds. The molecule has 120 valence electrons. The number of hydrogen-bond donors (Lipinski definition) is 1. The molecule has 0 aromatic heterocycles. The largest absolute Gasteiger partial charge is 0.326 e. The second kappa shape index (κ2) is 8.24. The summed E-state index contributed by atoms with van der Waals surface area (Å²) >= 11 is 3.34. The van der Waals surface area contributed by atoms with Gasteiger partial charge in [-0.25, -0.2) is 8.42 Å². The van der Waals surface area contributed by atoms with Gasteiger partial charge in [0.2, 0.25) is 10.0 Å². The lowest BCUT2D eigenvalue weighted by Crippen LogP contribution is -2.37. The summed E-state index contributed by atoms with van der Waals surface area (Å²) in [4.78, 5) is 2.27. The van der Waals surface area contributed by atoms with Crippen molar-refractivity contribution in [3.8, 4) is 0 Å². The van der Waals surface area contributed by atoms with Gasteiger partial charge in [-0.2, -0.15) is 4.31 Å². The predicted octanol–water partition coefficient (Wildman–Crippen LogP) is 1.87. The average molecular weight is 378 g/mol. The smallest absolute Gasteiger partial charge is 0.244 e. The Morgan fingerprint density at radius 2 is 1.86 bits per heavy atom. The molecule has 0 aliphatic rings. The van der Waals surface area contributed by atoms with E-state index in [9.17, 15) is 8.42 Å². The minimum Gasteiger partial charge on any atom is -0.326 e. The molecule has 0 aliphatic carbocycles. The number of hydrogen-bond acceptors (Lipinski definition) is 4. The van der Waals surface area contributed by atoms with Gasteiger partial charge in [-0.15, -0.1) is 0 Å². The van der Waals surface area contributed by atoms with Crippen molar-refractivity contribution in [2.75, 3.05) is 33.7 Å². The molecule has 2 N–H and O–H groups in total. The van der Waals surface area contributed by atoms with E-state index in [-0.39, 0.29) is 4.90 Å². The summed E-state index contributed by atoms with van der Waals surface area (Å²) in [6, 6.07) is 5.22. The standard InChI is InChI=1S/C14H24BrN3O2S/c1-4-7-18(9-8-17(2)3)21(19,20)14-10-12(11-16)5-6-13(14)15/h5-6,10H,4,7-9,11,16H2,1-3H3. The lowest BCUT2D eigenvalue weighted by molar-refractivity contribution is 0.333. The Morgan fingerprint density at radius 1 is 1.19 bits per heavy atom. The number of likely N-dealkylation sites (N-methyl/N-ethyl adjacent to an activating group) is 1. The Balaban J connectivity index is 3.15. The summed E-state index contributed by atoms with van der Waals surface area (Å²) in [6.07, 6.45) is 0.779. The molecular weight excluding hydrogens is 354 g/mol. The van der Waals surface area contributed by atoms with Crippen LogP contribution in [0.2, 0.25) is 0 Å². The second-order valence-electron chi connectivity index (χ2n) is 5.18. The first-order valence-electron chi connectivity index (χ1n) is 6.96. The van der Waals surface area contributed by atoms with E-state index in [1.54, 1.807) is 12.1 Å². The van der Waals surface area contributed by atoms with Gasteiger partial charge in [0.1, 0.15) is 0 Å². The fraction of sp³-hybridized carbons (Fsp3) is 0.571. The molecule has 1 rings (SSSR count). The van der Waals surface area contributed by atoms with E-state index >= 15 is 0 Å². The highest BCUT2D eigenvalue weighted by Gasteiger charge is 2.26. The number of rotatable bonds is 8. The van der Waals surface area contributed by atoms with Gasteiger partial charge in [0, 0.05) is 30.7 Å². The van der Waals surface area contributed by atoms with Crippen molar-refractivity contribution in [2.24, 2.45) is 5.73 Å². The second-order valence-corrected chi connectivity index (χ2v) is 7.94. The monoisotopic (exact) mass is 377 g/mol. The zero-order valence-electron chi connectivity index (χ0n) is 12.8. The van der Waals surface area contributed by atoms with E-state index in [2.05, 4.69) is 15.9 Å². The number of sulfonamides is 1. The van der Waals surface area contributed by atoms with Crippen LogP contribution in [0.15, 0.2) is 27.6 Å². The minimum absolute atomic E-state index is 0.289. The first-order valence-corrected chi connectivity index (χ1v) is 9.19. The molecule has 5 nitrogen and oxygen atoms in total. The molecule has 0 saturated carbocycles. The molecule has 0 atom stereocenters. The van der Waals surface area contributed by atoms with Crippen molar-refractivity contribution in [3.05, 3.63) is 28.2 Å². The van der Waals surface area contributed by atoms with E-state index < -0.39 is 10.0 Å². The Labute approximate surface area is 136 Å². The van der Waals surface area contributed by atoms with E-state index in [1.165, 1.54) is 4.31 Å². The first-order chi connectivity index (χ1) is 9.82. The fourth-order valence-corrected chi connectivity index (χ4v) is 4.42. The summed E-state index contributed by atoms with van der Waals surface area (Å²) in [7, 11) is 0.347. The van der Waals surface area contributed by atoms with Gasteiger partial charge < -0.3 is 10.6 Å². The van der Waals surface area contributed by atoms with E-state index in [1.807, 2.05) is 32.0 Å². The number of benzene rings is 1. The maximum Gasteiger partial charge on any atom is 0.244 e. The average Bonchev–Trinajstić information content (AvgIpc) is 2.43. The van der Waals surface area contributed by atoms with E-state index in [0.29, 0.717) is 30.7 Å². The number of nitrogens with zero attached hydrogens (tertiary/aromatic N) is 2. The maximum atomic E-state index is 12.9. The highest BCUT2D eigenvalue weighted by Crippen LogP contribution is 2.26. The Kier molecular flexibility index (Phi) is 7.29. The van der Waals surface area contributed by atoms with Gasteiger partial charge in [0.15, 0.2) is 0 Å². The number of halogens is 1. The van der Waals surface area contributed by atoms with Gasteiger partial charge in [-0.05, 0) is 54.1 Å². The van der Waals surface area contributed by atoms with Crippen molar-refractivity contribution < 1.29 is 8.42 Å². The third kappa shape index (κ3) is 5.03.